The first-order chi connectivity index (χ1) is 11.9. The summed E-state index contributed by atoms with van der Waals surface area (Å²) in [4.78, 5) is 0. The lowest BCUT2D eigenvalue weighted by molar-refractivity contribution is -0.271. The van der Waals surface area contributed by atoms with E-state index in [0.29, 0.717) is 6.61 Å². The van der Waals surface area contributed by atoms with Gasteiger partial charge in [-0.2, -0.15) is 0 Å². The van der Waals surface area contributed by atoms with Crippen LogP contribution in [0.15, 0.2) is 0 Å². The van der Waals surface area contributed by atoms with Crippen LogP contribution in [0, 0.1) is 0 Å². The molecule has 2 fully saturated rings. The summed E-state index contributed by atoms with van der Waals surface area (Å²) in [6, 6.07) is 0. The average Bonchev–Trinajstić information content (AvgIpc) is 2.89. The Labute approximate surface area is 153 Å². The van der Waals surface area contributed by atoms with Crippen molar-refractivity contribution in [2.45, 2.75) is 122 Å². The van der Waals surface area contributed by atoms with Gasteiger partial charge in [0.1, 0.15) is 18.3 Å². The summed E-state index contributed by atoms with van der Waals surface area (Å²) in [5.41, 5.74) is 0. The molecule has 0 spiro atoms. The third-order valence-corrected chi connectivity index (χ3v) is 5.13. The molecule has 0 radical (unpaired) electrons. The molecule has 1 N–H and O–H groups in total. The lowest BCUT2D eigenvalue weighted by Crippen LogP contribution is -2.56. The molecule has 0 bridgehead atoms. The maximum Gasteiger partial charge on any atom is 0.186 e. The minimum absolute atomic E-state index is 0.313. The van der Waals surface area contributed by atoms with Crippen LogP contribution in [-0.2, 0) is 18.9 Å². The highest BCUT2D eigenvalue weighted by Crippen LogP contribution is 2.37. The van der Waals surface area contributed by atoms with Gasteiger partial charge in [-0.1, -0.05) is 58.3 Å². The quantitative estimate of drug-likeness (QED) is 0.562. The van der Waals surface area contributed by atoms with E-state index in [1.807, 2.05) is 20.8 Å². The fraction of sp³-hybridized carbons (Fsp3) is 1.00. The van der Waals surface area contributed by atoms with Gasteiger partial charge in [-0.25, -0.2) is 0 Å². The molecular formula is C20H38O5. The highest BCUT2D eigenvalue weighted by Gasteiger charge is 2.54. The smallest absolute Gasteiger partial charge is 0.186 e. The van der Waals surface area contributed by atoms with Crippen molar-refractivity contribution >= 4 is 0 Å². The zero-order valence-electron chi connectivity index (χ0n) is 16.5. The predicted molar refractivity (Wildman–Crippen MR) is 97.3 cm³/mol. The van der Waals surface area contributed by atoms with Crippen molar-refractivity contribution in [1.29, 1.82) is 0 Å². The maximum atomic E-state index is 10.3. The van der Waals surface area contributed by atoms with E-state index in [1.165, 1.54) is 51.4 Å². The number of hydrogen-bond acceptors (Lipinski definition) is 5. The molecule has 0 unspecified atom stereocenters. The molecule has 2 rings (SSSR count). The summed E-state index contributed by atoms with van der Waals surface area (Å²) in [6.45, 7) is 8.49. The first-order valence-corrected chi connectivity index (χ1v) is 10.3. The number of fused-ring (bicyclic) bond motifs is 1. The Morgan fingerprint density at radius 2 is 1.44 bits per heavy atom. The van der Waals surface area contributed by atoms with Crippen molar-refractivity contribution in [3.8, 4) is 0 Å². The van der Waals surface area contributed by atoms with Crippen LogP contribution in [0.5, 0.6) is 0 Å². The number of aliphatic hydroxyl groups excluding tert-OH is 1. The monoisotopic (exact) mass is 358 g/mol. The van der Waals surface area contributed by atoms with Gasteiger partial charge >= 0.3 is 0 Å². The van der Waals surface area contributed by atoms with Gasteiger partial charge < -0.3 is 24.1 Å². The van der Waals surface area contributed by atoms with Crippen molar-refractivity contribution in [3.63, 3.8) is 0 Å². The number of ether oxygens (including phenoxy) is 4. The van der Waals surface area contributed by atoms with Crippen molar-refractivity contribution < 1.29 is 24.1 Å². The van der Waals surface area contributed by atoms with Gasteiger partial charge in [-0.3, -0.25) is 0 Å². The van der Waals surface area contributed by atoms with Crippen molar-refractivity contribution in [1.82, 2.24) is 0 Å². The van der Waals surface area contributed by atoms with Gasteiger partial charge in [-0.15, -0.1) is 0 Å². The normalized spacial score (nSPS) is 34.2. The van der Waals surface area contributed by atoms with E-state index in [4.69, 9.17) is 18.9 Å². The van der Waals surface area contributed by atoms with Gasteiger partial charge in [0.05, 0.1) is 6.10 Å². The average molecular weight is 359 g/mol. The largest absolute Gasteiger partial charge is 0.388 e. The molecule has 0 aromatic rings. The molecular weight excluding hydrogens is 320 g/mol. The second-order valence-corrected chi connectivity index (χ2v) is 7.96. The standard InChI is InChI=1S/C20H38O5/c1-5-6-7-8-9-10-11-12-13-14-22-19-18-17(16(21)15(2)23-19)24-20(3,4)25-18/h15-19,21H,5-14H2,1-4H3/t15-,16-,17+,18+,19+/m0/s1. The van der Waals surface area contributed by atoms with Crippen LogP contribution in [-0.4, -0.2) is 48.2 Å². The SMILES string of the molecule is CCCCCCCCCCCO[C@@H]1O[C@@H](C)[C@H](O)[C@H]2OC(C)(C)O[C@@H]12. The molecule has 5 heteroatoms. The van der Waals surface area contributed by atoms with Crippen molar-refractivity contribution in [2.24, 2.45) is 0 Å². The van der Waals surface area contributed by atoms with E-state index in [9.17, 15) is 5.11 Å². The van der Waals surface area contributed by atoms with E-state index in [2.05, 4.69) is 6.92 Å². The van der Waals surface area contributed by atoms with Gasteiger partial charge in [0, 0.05) is 6.61 Å². The third kappa shape index (κ3) is 6.47. The van der Waals surface area contributed by atoms with Crippen LogP contribution < -0.4 is 0 Å². The summed E-state index contributed by atoms with van der Waals surface area (Å²) in [7, 11) is 0. The molecule has 0 saturated carbocycles. The van der Waals surface area contributed by atoms with Crippen LogP contribution in [0.2, 0.25) is 0 Å². The van der Waals surface area contributed by atoms with Gasteiger partial charge in [0.15, 0.2) is 12.1 Å². The minimum atomic E-state index is -0.705. The number of rotatable bonds is 11. The summed E-state index contributed by atoms with van der Waals surface area (Å²) >= 11 is 0. The number of aliphatic hydroxyl groups is 1. The van der Waals surface area contributed by atoms with E-state index >= 15 is 0 Å². The number of unbranched alkanes of at least 4 members (excludes halogenated alkanes) is 8. The van der Waals surface area contributed by atoms with Crippen LogP contribution in [0.4, 0.5) is 0 Å². The summed E-state index contributed by atoms with van der Waals surface area (Å²) in [5.74, 6) is -0.705. The topological polar surface area (TPSA) is 57.2 Å². The maximum absolute atomic E-state index is 10.3. The zero-order valence-corrected chi connectivity index (χ0v) is 16.5. The van der Waals surface area contributed by atoms with E-state index < -0.39 is 18.2 Å². The first-order valence-electron chi connectivity index (χ1n) is 10.3. The molecule has 0 aromatic carbocycles. The Morgan fingerprint density at radius 3 is 2.08 bits per heavy atom. The van der Waals surface area contributed by atoms with Crippen LogP contribution in [0.25, 0.3) is 0 Å². The van der Waals surface area contributed by atoms with Gasteiger partial charge in [0.2, 0.25) is 0 Å². The van der Waals surface area contributed by atoms with Crippen LogP contribution >= 0.6 is 0 Å². The van der Waals surface area contributed by atoms with Crippen molar-refractivity contribution in [2.75, 3.05) is 6.61 Å². The molecule has 148 valence electrons. The van der Waals surface area contributed by atoms with E-state index in [1.54, 1.807) is 0 Å². The summed E-state index contributed by atoms with van der Waals surface area (Å²) in [6.07, 6.45) is 9.40. The van der Waals surface area contributed by atoms with E-state index in [0.717, 1.165) is 6.42 Å². The minimum Gasteiger partial charge on any atom is -0.388 e. The Kier molecular flexibility index (Phi) is 8.62. The second kappa shape index (κ2) is 10.2. The molecule has 0 amide bonds. The molecule has 2 aliphatic rings. The fourth-order valence-electron chi connectivity index (χ4n) is 3.67. The molecule has 5 nitrogen and oxygen atoms in total. The Balaban J connectivity index is 1.60. The van der Waals surface area contributed by atoms with Crippen molar-refractivity contribution in [3.05, 3.63) is 0 Å². The predicted octanol–water partition coefficient (Wildman–Crippen LogP) is 4.16. The fourth-order valence-corrected chi connectivity index (χ4v) is 3.67. The number of hydrogen-bond donors (Lipinski definition) is 1. The zero-order chi connectivity index (χ0) is 18.3. The molecule has 25 heavy (non-hydrogen) atoms. The molecule has 2 saturated heterocycles. The van der Waals surface area contributed by atoms with Gasteiger partial charge in [0.25, 0.3) is 0 Å². The lowest BCUT2D eigenvalue weighted by Gasteiger charge is -2.38. The molecule has 0 aromatic heterocycles. The van der Waals surface area contributed by atoms with Crippen LogP contribution in [0.1, 0.15) is 85.5 Å². The van der Waals surface area contributed by atoms with Crippen LogP contribution in [0.3, 0.4) is 0 Å². The second-order valence-electron chi connectivity index (χ2n) is 7.96. The van der Waals surface area contributed by atoms with E-state index in [-0.39, 0.29) is 18.3 Å². The lowest BCUT2D eigenvalue weighted by atomic mass is 10.00. The molecule has 0 aliphatic carbocycles. The first kappa shape index (κ1) is 21.1. The highest BCUT2D eigenvalue weighted by atomic mass is 16.8. The Hall–Kier alpha value is -0.200. The Bertz CT molecular complexity index is 373. The third-order valence-electron chi connectivity index (χ3n) is 5.13. The Morgan fingerprint density at radius 1 is 0.880 bits per heavy atom. The molecule has 2 heterocycles. The summed E-state index contributed by atoms with van der Waals surface area (Å²) in [5, 5.41) is 10.3. The summed E-state index contributed by atoms with van der Waals surface area (Å²) < 4.78 is 23.5. The van der Waals surface area contributed by atoms with Gasteiger partial charge in [-0.05, 0) is 27.2 Å². The molecule has 5 atom stereocenters. The highest BCUT2D eigenvalue weighted by molar-refractivity contribution is 4.94. The molecule has 2 aliphatic heterocycles.